The fourth-order valence-corrected chi connectivity index (χ4v) is 6.70. The predicted molar refractivity (Wildman–Crippen MR) is 128 cm³/mol. The zero-order valence-electron chi connectivity index (χ0n) is 20.0. The van der Waals surface area contributed by atoms with Crippen molar-refractivity contribution in [1.29, 1.82) is 0 Å². The van der Waals surface area contributed by atoms with Crippen molar-refractivity contribution < 1.29 is 19.5 Å². The molecule has 2 aliphatic carbocycles. The molecule has 1 saturated carbocycles. The number of rotatable bonds is 5. The van der Waals surface area contributed by atoms with Crippen molar-refractivity contribution in [3.05, 3.63) is 59.7 Å². The molecule has 6 nitrogen and oxygen atoms in total. The standard InChI is InChI=1S/C28H34N2O4/c1-18-12-13-20-10-6-7-11-21(20)24(18)25(31)22-16-28(34)23(14-15-30(28)26(22)32)27(33)29(2)17-19-8-4-3-5-9-19/h3-5,8-9,12-13,16,18,20-21,23-24,34H,6-7,10-11,14-15,17H2,1-2H3. The van der Waals surface area contributed by atoms with E-state index in [9.17, 15) is 19.5 Å². The molecule has 0 spiro atoms. The molecule has 0 aromatic heterocycles. The normalized spacial score (nSPS) is 34.4. The van der Waals surface area contributed by atoms with Crippen LogP contribution in [-0.4, -0.2) is 51.8 Å². The van der Waals surface area contributed by atoms with Crippen LogP contribution in [0.5, 0.6) is 0 Å². The molecular weight excluding hydrogens is 428 g/mol. The number of hydrogen-bond acceptors (Lipinski definition) is 4. The van der Waals surface area contributed by atoms with Gasteiger partial charge in [0.25, 0.3) is 5.91 Å². The van der Waals surface area contributed by atoms with Crippen LogP contribution in [0.4, 0.5) is 0 Å². The zero-order valence-corrected chi connectivity index (χ0v) is 20.0. The van der Waals surface area contributed by atoms with Crippen molar-refractivity contribution >= 4 is 17.6 Å². The first kappa shape index (κ1) is 23.0. The monoisotopic (exact) mass is 462 g/mol. The third-order valence-corrected chi connectivity index (χ3v) is 8.49. The van der Waals surface area contributed by atoms with Crippen molar-refractivity contribution in [3.63, 3.8) is 0 Å². The molecular formula is C28H34N2O4. The molecule has 34 heavy (non-hydrogen) atoms. The second kappa shape index (κ2) is 8.81. The molecule has 6 heteroatoms. The molecule has 2 heterocycles. The summed E-state index contributed by atoms with van der Waals surface area (Å²) in [4.78, 5) is 43.3. The maximum absolute atomic E-state index is 13.7. The molecule has 4 aliphatic rings. The van der Waals surface area contributed by atoms with Gasteiger partial charge in [0, 0.05) is 26.1 Å². The zero-order chi connectivity index (χ0) is 24.0. The van der Waals surface area contributed by atoms with Crippen LogP contribution >= 0.6 is 0 Å². The first-order chi connectivity index (χ1) is 16.3. The third kappa shape index (κ3) is 3.72. The quantitative estimate of drug-likeness (QED) is 0.538. The molecule has 1 aromatic carbocycles. The number of hydrogen-bond donors (Lipinski definition) is 1. The van der Waals surface area contributed by atoms with Crippen LogP contribution < -0.4 is 0 Å². The second-order valence-corrected chi connectivity index (χ2v) is 10.6. The Hall–Kier alpha value is -2.73. The van der Waals surface area contributed by atoms with E-state index in [4.69, 9.17) is 0 Å². The Morgan fingerprint density at radius 2 is 1.85 bits per heavy atom. The molecule has 1 aromatic rings. The van der Waals surface area contributed by atoms with E-state index in [1.807, 2.05) is 37.3 Å². The highest BCUT2D eigenvalue weighted by atomic mass is 16.3. The highest BCUT2D eigenvalue weighted by Gasteiger charge is 2.58. The summed E-state index contributed by atoms with van der Waals surface area (Å²) in [5.74, 6) is -1.14. The molecule has 6 unspecified atom stereocenters. The minimum Gasteiger partial charge on any atom is -0.366 e. The fourth-order valence-electron chi connectivity index (χ4n) is 6.70. The van der Waals surface area contributed by atoms with Crippen molar-refractivity contribution in [1.82, 2.24) is 9.80 Å². The van der Waals surface area contributed by atoms with Gasteiger partial charge >= 0.3 is 0 Å². The summed E-state index contributed by atoms with van der Waals surface area (Å²) >= 11 is 0. The molecule has 0 bridgehead atoms. The Kier molecular flexibility index (Phi) is 5.96. The fraction of sp³-hybridized carbons (Fsp3) is 0.536. The molecule has 2 fully saturated rings. The largest absolute Gasteiger partial charge is 0.366 e. The van der Waals surface area contributed by atoms with Gasteiger partial charge in [0.2, 0.25) is 5.91 Å². The van der Waals surface area contributed by atoms with Crippen molar-refractivity contribution in [2.75, 3.05) is 13.6 Å². The SMILES string of the molecule is CC1C=CC2CCCCC2C1C(=O)C1=CC2(O)C(C(=O)N(C)Cc3ccccc3)CCN2C1=O. The summed E-state index contributed by atoms with van der Waals surface area (Å²) in [5.41, 5.74) is -0.665. The first-order valence-corrected chi connectivity index (χ1v) is 12.6. The lowest BCUT2D eigenvalue weighted by Gasteiger charge is -2.40. The minimum atomic E-state index is -1.73. The van der Waals surface area contributed by atoms with Gasteiger partial charge in [0.05, 0.1) is 11.5 Å². The molecule has 1 saturated heterocycles. The van der Waals surface area contributed by atoms with E-state index in [1.54, 1.807) is 11.9 Å². The number of ketones is 1. The van der Waals surface area contributed by atoms with Gasteiger partial charge in [-0.2, -0.15) is 0 Å². The number of fused-ring (bicyclic) bond motifs is 2. The van der Waals surface area contributed by atoms with Crippen LogP contribution in [0.15, 0.2) is 54.1 Å². The van der Waals surface area contributed by atoms with Crippen LogP contribution in [0.25, 0.3) is 0 Å². The van der Waals surface area contributed by atoms with Gasteiger partial charge in [-0.3, -0.25) is 14.4 Å². The van der Waals surface area contributed by atoms with Gasteiger partial charge in [-0.25, -0.2) is 0 Å². The summed E-state index contributed by atoms with van der Waals surface area (Å²) in [6, 6.07) is 9.68. The Morgan fingerprint density at radius 1 is 1.12 bits per heavy atom. The minimum absolute atomic E-state index is 0.0556. The van der Waals surface area contributed by atoms with Gasteiger partial charge in [-0.1, -0.05) is 62.2 Å². The van der Waals surface area contributed by atoms with Crippen LogP contribution in [0.1, 0.15) is 44.6 Å². The number of benzene rings is 1. The van der Waals surface area contributed by atoms with Crippen molar-refractivity contribution in [3.8, 4) is 0 Å². The lowest BCUT2D eigenvalue weighted by atomic mass is 9.63. The van der Waals surface area contributed by atoms with E-state index in [2.05, 4.69) is 12.2 Å². The van der Waals surface area contributed by atoms with E-state index in [0.717, 1.165) is 24.8 Å². The number of nitrogens with zero attached hydrogens (tertiary/aromatic N) is 2. The lowest BCUT2D eigenvalue weighted by Crippen LogP contribution is -2.50. The predicted octanol–water partition coefficient (Wildman–Crippen LogP) is 3.32. The van der Waals surface area contributed by atoms with Gasteiger partial charge in [0.1, 0.15) is 0 Å². The number of aliphatic hydroxyl groups is 1. The number of allylic oxidation sites excluding steroid dienone is 2. The average molecular weight is 463 g/mol. The highest BCUT2D eigenvalue weighted by Crippen LogP contribution is 2.47. The van der Waals surface area contributed by atoms with Gasteiger partial charge in [-0.15, -0.1) is 0 Å². The summed E-state index contributed by atoms with van der Waals surface area (Å²) in [5, 5.41) is 11.6. The smallest absolute Gasteiger partial charge is 0.259 e. The molecule has 2 amide bonds. The summed E-state index contributed by atoms with van der Waals surface area (Å²) in [7, 11) is 1.72. The van der Waals surface area contributed by atoms with E-state index in [-0.39, 0.29) is 41.6 Å². The molecule has 1 N–H and O–H groups in total. The van der Waals surface area contributed by atoms with Crippen molar-refractivity contribution in [2.24, 2.45) is 29.6 Å². The van der Waals surface area contributed by atoms with E-state index >= 15 is 0 Å². The third-order valence-electron chi connectivity index (χ3n) is 8.49. The van der Waals surface area contributed by atoms with E-state index < -0.39 is 17.6 Å². The summed E-state index contributed by atoms with van der Waals surface area (Å²) in [6.07, 6.45) is 10.5. The molecule has 0 radical (unpaired) electrons. The van der Waals surface area contributed by atoms with Gasteiger partial charge < -0.3 is 14.9 Å². The summed E-state index contributed by atoms with van der Waals surface area (Å²) < 4.78 is 0. The number of carbonyl (C=O) groups excluding carboxylic acids is 3. The summed E-state index contributed by atoms with van der Waals surface area (Å²) in [6.45, 7) is 2.74. The maximum atomic E-state index is 13.7. The second-order valence-electron chi connectivity index (χ2n) is 10.6. The Morgan fingerprint density at radius 3 is 2.62 bits per heavy atom. The maximum Gasteiger partial charge on any atom is 0.259 e. The van der Waals surface area contributed by atoms with E-state index in [0.29, 0.717) is 18.9 Å². The van der Waals surface area contributed by atoms with Crippen LogP contribution in [-0.2, 0) is 20.9 Å². The first-order valence-electron chi connectivity index (χ1n) is 12.6. The van der Waals surface area contributed by atoms with Crippen molar-refractivity contribution in [2.45, 2.75) is 51.3 Å². The topological polar surface area (TPSA) is 77.9 Å². The molecule has 2 aliphatic heterocycles. The number of carbonyl (C=O) groups is 3. The Labute approximate surface area is 201 Å². The number of Topliss-reactive ketones (excluding diaryl/α,β-unsaturated/α-hetero) is 1. The lowest BCUT2D eigenvalue weighted by molar-refractivity contribution is -0.151. The van der Waals surface area contributed by atoms with Gasteiger partial charge in [0.15, 0.2) is 11.5 Å². The average Bonchev–Trinajstić information content (AvgIpc) is 3.30. The molecule has 180 valence electrons. The molecule has 5 rings (SSSR count). The Balaban J connectivity index is 1.38. The van der Waals surface area contributed by atoms with Crippen LogP contribution in [0.3, 0.4) is 0 Å². The highest BCUT2D eigenvalue weighted by molar-refractivity contribution is 6.22. The van der Waals surface area contributed by atoms with E-state index in [1.165, 1.54) is 17.4 Å². The number of amides is 2. The molecule has 6 atom stereocenters. The van der Waals surface area contributed by atoms with Crippen LogP contribution in [0.2, 0.25) is 0 Å². The van der Waals surface area contributed by atoms with Gasteiger partial charge in [-0.05, 0) is 48.7 Å². The Bertz CT molecular complexity index is 1050. The van der Waals surface area contributed by atoms with Crippen LogP contribution in [0, 0.1) is 29.6 Å².